The van der Waals surface area contributed by atoms with Crippen LogP contribution in [0.15, 0.2) is 0 Å². The molecular weight excluding hydrogens is 198 g/mol. The summed E-state index contributed by atoms with van der Waals surface area (Å²) in [5.41, 5.74) is 0. The number of esters is 1. The highest BCUT2D eigenvalue weighted by atomic mass is 32.2. The molecule has 4 heteroatoms. The van der Waals surface area contributed by atoms with Gasteiger partial charge in [0.1, 0.15) is 0 Å². The van der Waals surface area contributed by atoms with Crippen molar-refractivity contribution in [3.8, 4) is 0 Å². The fraction of sp³-hybridized carbons (Fsp3) is 0.900. The van der Waals surface area contributed by atoms with Crippen LogP contribution in [-0.4, -0.2) is 36.2 Å². The van der Waals surface area contributed by atoms with Crippen molar-refractivity contribution < 1.29 is 9.53 Å². The van der Waals surface area contributed by atoms with E-state index < -0.39 is 0 Å². The van der Waals surface area contributed by atoms with Gasteiger partial charge in [0.25, 0.3) is 0 Å². The van der Waals surface area contributed by atoms with E-state index >= 15 is 0 Å². The van der Waals surface area contributed by atoms with Crippen LogP contribution in [0.4, 0.5) is 0 Å². The number of hydrogen-bond donors (Lipinski definition) is 1. The van der Waals surface area contributed by atoms with Crippen LogP contribution in [-0.2, 0) is 9.53 Å². The first kappa shape index (κ1) is 10.3. The predicted molar refractivity (Wildman–Crippen MR) is 57.4 cm³/mol. The Morgan fingerprint density at radius 1 is 1.43 bits per heavy atom. The van der Waals surface area contributed by atoms with Crippen molar-refractivity contribution in [2.75, 3.05) is 12.9 Å². The SMILES string of the molecule is COC(=O)CSC1C[C@@H]2CC[C@@H](C1)N2. The van der Waals surface area contributed by atoms with Gasteiger partial charge in [-0.15, -0.1) is 11.8 Å². The van der Waals surface area contributed by atoms with E-state index in [0.717, 1.165) is 0 Å². The third-order valence-electron chi connectivity index (χ3n) is 3.09. The van der Waals surface area contributed by atoms with Crippen LogP contribution in [0.2, 0.25) is 0 Å². The summed E-state index contributed by atoms with van der Waals surface area (Å²) < 4.78 is 4.64. The van der Waals surface area contributed by atoms with Crippen LogP contribution in [0, 0.1) is 0 Å². The van der Waals surface area contributed by atoms with E-state index in [4.69, 9.17) is 0 Å². The molecule has 0 unspecified atom stereocenters. The van der Waals surface area contributed by atoms with E-state index in [0.29, 0.717) is 23.1 Å². The lowest BCUT2D eigenvalue weighted by Crippen LogP contribution is -2.39. The van der Waals surface area contributed by atoms with Crippen molar-refractivity contribution in [1.29, 1.82) is 0 Å². The highest BCUT2D eigenvalue weighted by Gasteiger charge is 2.33. The second-order valence-corrected chi connectivity index (χ2v) is 5.41. The molecule has 80 valence electrons. The Bertz CT molecular complexity index is 210. The summed E-state index contributed by atoms with van der Waals surface area (Å²) in [6.07, 6.45) is 5.08. The van der Waals surface area contributed by atoms with Gasteiger partial charge in [0, 0.05) is 17.3 Å². The van der Waals surface area contributed by atoms with E-state index in [1.807, 2.05) is 0 Å². The van der Waals surface area contributed by atoms with Crippen molar-refractivity contribution in [3.63, 3.8) is 0 Å². The third-order valence-corrected chi connectivity index (χ3v) is 4.35. The molecule has 14 heavy (non-hydrogen) atoms. The summed E-state index contributed by atoms with van der Waals surface area (Å²) >= 11 is 1.76. The molecule has 2 heterocycles. The Balaban J connectivity index is 1.74. The lowest BCUT2D eigenvalue weighted by atomic mass is 10.1. The van der Waals surface area contributed by atoms with Gasteiger partial charge in [-0.25, -0.2) is 0 Å². The number of piperidine rings is 1. The molecule has 2 aliphatic heterocycles. The van der Waals surface area contributed by atoms with Crippen LogP contribution in [0.3, 0.4) is 0 Å². The average Bonchev–Trinajstić information content (AvgIpc) is 2.54. The fourth-order valence-corrected chi connectivity index (χ4v) is 3.61. The molecule has 0 aromatic carbocycles. The van der Waals surface area contributed by atoms with E-state index in [1.54, 1.807) is 11.8 Å². The van der Waals surface area contributed by atoms with E-state index in [1.165, 1.54) is 32.8 Å². The lowest BCUT2D eigenvalue weighted by Gasteiger charge is -2.28. The number of hydrogen-bond acceptors (Lipinski definition) is 4. The van der Waals surface area contributed by atoms with E-state index in [-0.39, 0.29) is 5.97 Å². The number of nitrogens with one attached hydrogen (secondary N) is 1. The standard InChI is InChI=1S/C10H17NO2S/c1-13-10(12)6-14-9-4-7-2-3-8(5-9)11-7/h7-9,11H,2-6H2,1H3/t7-,8-/m0/s1. The lowest BCUT2D eigenvalue weighted by molar-refractivity contribution is -0.137. The maximum Gasteiger partial charge on any atom is 0.315 e. The second-order valence-electron chi connectivity index (χ2n) is 4.12. The number of methoxy groups -OCH3 is 1. The van der Waals surface area contributed by atoms with Crippen LogP contribution in [0.25, 0.3) is 0 Å². The summed E-state index contributed by atoms with van der Waals surface area (Å²) in [4.78, 5) is 11.0. The van der Waals surface area contributed by atoms with Crippen LogP contribution in [0.1, 0.15) is 25.7 Å². The smallest absolute Gasteiger partial charge is 0.315 e. The minimum atomic E-state index is -0.0964. The summed E-state index contributed by atoms with van der Waals surface area (Å²) in [7, 11) is 1.45. The fourth-order valence-electron chi connectivity index (χ4n) is 2.39. The highest BCUT2D eigenvalue weighted by Crippen LogP contribution is 2.33. The quantitative estimate of drug-likeness (QED) is 0.717. The number of thioether (sulfide) groups is 1. The molecular formula is C10H17NO2S. The van der Waals surface area contributed by atoms with Crippen LogP contribution < -0.4 is 5.32 Å². The molecule has 0 aromatic heterocycles. The first-order valence-electron chi connectivity index (χ1n) is 5.22. The van der Waals surface area contributed by atoms with Crippen molar-refractivity contribution in [3.05, 3.63) is 0 Å². The molecule has 0 aromatic rings. The average molecular weight is 215 g/mol. The van der Waals surface area contributed by atoms with Crippen molar-refractivity contribution in [2.45, 2.75) is 43.0 Å². The maximum atomic E-state index is 11.0. The molecule has 0 radical (unpaired) electrons. The van der Waals surface area contributed by atoms with Gasteiger partial charge in [-0.05, 0) is 25.7 Å². The Kier molecular flexibility index (Phi) is 3.34. The molecule has 0 amide bonds. The van der Waals surface area contributed by atoms with Gasteiger partial charge in [0.05, 0.1) is 12.9 Å². The van der Waals surface area contributed by atoms with E-state index in [9.17, 15) is 4.79 Å². The Hall–Kier alpha value is -0.220. The van der Waals surface area contributed by atoms with Crippen molar-refractivity contribution >= 4 is 17.7 Å². The zero-order chi connectivity index (χ0) is 9.97. The van der Waals surface area contributed by atoms with Crippen molar-refractivity contribution in [1.82, 2.24) is 5.32 Å². The monoisotopic (exact) mass is 215 g/mol. The first-order valence-corrected chi connectivity index (χ1v) is 6.27. The van der Waals surface area contributed by atoms with Gasteiger partial charge in [0.15, 0.2) is 0 Å². The number of carbonyl (C=O) groups is 1. The van der Waals surface area contributed by atoms with Gasteiger partial charge < -0.3 is 10.1 Å². The molecule has 2 bridgehead atoms. The second kappa shape index (κ2) is 4.53. The molecule has 0 saturated carbocycles. The highest BCUT2D eigenvalue weighted by molar-refractivity contribution is 8.00. The minimum absolute atomic E-state index is 0.0964. The predicted octanol–water partition coefficient (Wildman–Crippen LogP) is 1.18. The minimum Gasteiger partial charge on any atom is -0.468 e. The van der Waals surface area contributed by atoms with Crippen LogP contribution >= 0.6 is 11.8 Å². The third kappa shape index (κ3) is 2.42. The van der Waals surface area contributed by atoms with Gasteiger partial charge in [-0.2, -0.15) is 0 Å². The zero-order valence-electron chi connectivity index (χ0n) is 8.49. The van der Waals surface area contributed by atoms with Gasteiger partial charge in [-0.1, -0.05) is 0 Å². The van der Waals surface area contributed by atoms with Crippen molar-refractivity contribution in [2.24, 2.45) is 0 Å². The summed E-state index contributed by atoms with van der Waals surface area (Å²) in [5.74, 6) is 0.418. The molecule has 1 N–H and O–H groups in total. The molecule has 2 atom stereocenters. The Morgan fingerprint density at radius 2 is 2.07 bits per heavy atom. The topological polar surface area (TPSA) is 38.3 Å². The number of fused-ring (bicyclic) bond motifs is 2. The summed E-state index contributed by atoms with van der Waals surface area (Å²) in [6.45, 7) is 0. The molecule has 2 aliphatic rings. The first-order chi connectivity index (χ1) is 6.78. The molecule has 0 aliphatic carbocycles. The van der Waals surface area contributed by atoms with Crippen LogP contribution in [0.5, 0.6) is 0 Å². The largest absolute Gasteiger partial charge is 0.468 e. The molecule has 2 rings (SSSR count). The Labute approximate surface area is 89.0 Å². The summed E-state index contributed by atoms with van der Waals surface area (Å²) in [6, 6.07) is 1.42. The van der Waals surface area contributed by atoms with Gasteiger partial charge in [-0.3, -0.25) is 4.79 Å². The number of ether oxygens (including phenoxy) is 1. The molecule has 2 saturated heterocycles. The molecule has 2 fully saturated rings. The normalized spacial score (nSPS) is 35.6. The van der Waals surface area contributed by atoms with Gasteiger partial charge in [0.2, 0.25) is 0 Å². The van der Waals surface area contributed by atoms with Gasteiger partial charge >= 0.3 is 5.97 Å². The number of rotatable bonds is 3. The molecule has 0 spiro atoms. The number of carbonyl (C=O) groups excluding carboxylic acids is 1. The summed E-state index contributed by atoms with van der Waals surface area (Å²) in [5, 5.41) is 4.25. The Morgan fingerprint density at radius 3 is 2.64 bits per heavy atom. The van der Waals surface area contributed by atoms with E-state index in [2.05, 4.69) is 10.1 Å². The molecule has 3 nitrogen and oxygen atoms in total. The maximum absolute atomic E-state index is 11.0. The zero-order valence-corrected chi connectivity index (χ0v) is 9.31.